The Bertz CT molecular complexity index is 459. The number of nitrogens with one attached hydrogen (secondary N) is 2. The number of aromatic amines is 1. The van der Waals surface area contributed by atoms with Crippen LogP contribution in [0.2, 0.25) is 0 Å². The van der Waals surface area contributed by atoms with Crippen LogP contribution < -0.4 is 5.32 Å². The lowest BCUT2D eigenvalue weighted by Gasteiger charge is -2.19. The van der Waals surface area contributed by atoms with Gasteiger partial charge in [0.15, 0.2) is 0 Å². The van der Waals surface area contributed by atoms with E-state index in [1.807, 2.05) is 12.4 Å². The van der Waals surface area contributed by atoms with Crippen molar-refractivity contribution >= 4 is 0 Å². The quantitative estimate of drug-likeness (QED) is 0.845. The first-order chi connectivity index (χ1) is 8.70. The minimum atomic E-state index is 0.296. The van der Waals surface area contributed by atoms with Crippen LogP contribution in [0.5, 0.6) is 0 Å². The van der Waals surface area contributed by atoms with Gasteiger partial charge in [0.1, 0.15) is 0 Å². The number of rotatable bonds is 5. The fraction of sp³-hybridized carbons (Fsp3) is 0.400. The summed E-state index contributed by atoms with van der Waals surface area (Å²) in [5.41, 5.74) is 3.89. The minimum Gasteiger partial charge on any atom is -0.304 e. The average Bonchev–Trinajstić information content (AvgIpc) is 2.92. The molecule has 0 aliphatic heterocycles. The number of aromatic nitrogens is 2. The first kappa shape index (κ1) is 12.8. The Morgan fingerprint density at radius 1 is 1.11 bits per heavy atom. The Morgan fingerprint density at radius 3 is 2.33 bits per heavy atom. The van der Waals surface area contributed by atoms with E-state index in [2.05, 4.69) is 60.6 Å². The maximum absolute atomic E-state index is 3.98. The van der Waals surface area contributed by atoms with E-state index >= 15 is 0 Å². The summed E-state index contributed by atoms with van der Waals surface area (Å²) >= 11 is 0. The van der Waals surface area contributed by atoms with Crippen molar-refractivity contribution in [3.63, 3.8) is 0 Å². The number of benzene rings is 1. The topological polar surface area (TPSA) is 40.7 Å². The highest BCUT2D eigenvalue weighted by atomic mass is 15.1. The highest BCUT2D eigenvalue weighted by Crippen LogP contribution is 2.19. The summed E-state index contributed by atoms with van der Waals surface area (Å²) < 4.78 is 0. The largest absolute Gasteiger partial charge is 0.304 e. The molecule has 3 nitrogen and oxygen atoms in total. The zero-order valence-corrected chi connectivity index (χ0v) is 11.3. The summed E-state index contributed by atoms with van der Waals surface area (Å²) in [4.78, 5) is 0. The van der Waals surface area contributed by atoms with E-state index in [0.717, 1.165) is 6.42 Å². The molecule has 96 valence electrons. The molecule has 1 aromatic carbocycles. The van der Waals surface area contributed by atoms with Gasteiger partial charge in [-0.1, -0.05) is 31.2 Å². The molecule has 0 aliphatic rings. The fourth-order valence-corrected chi connectivity index (χ4v) is 2.11. The lowest BCUT2D eigenvalue weighted by Crippen LogP contribution is -2.22. The molecule has 2 aromatic rings. The van der Waals surface area contributed by atoms with Crippen LogP contribution in [-0.4, -0.2) is 10.2 Å². The first-order valence-electron chi connectivity index (χ1n) is 6.54. The van der Waals surface area contributed by atoms with Crippen molar-refractivity contribution in [2.45, 2.75) is 39.3 Å². The van der Waals surface area contributed by atoms with Crippen molar-refractivity contribution in [3.8, 4) is 0 Å². The van der Waals surface area contributed by atoms with E-state index in [-0.39, 0.29) is 0 Å². The SMILES string of the molecule is CCc1ccc(C(C)NC(C)c2cn[nH]c2)cc1. The molecule has 0 saturated heterocycles. The molecule has 1 aromatic heterocycles. The summed E-state index contributed by atoms with van der Waals surface area (Å²) in [6.45, 7) is 6.52. The highest BCUT2D eigenvalue weighted by molar-refractivity contribution is 5.25. The molecular formula is C15H21N3. The molecule has 2 unspecified atom stereocenters. The van der Waals surface area contributed by atoms with Crippen molar-refractivity contribution in [2.24, 2.45) is 0 Å². The van der Waals surface area contributed by atoms with Gasteiger partial charge in [-0.3, -0.25) is 5.10 Å². The van der Waals surface area contributed by atoms with Gasteiger partial charge in [-0.25, -0.2) is 0 Å². The molecule has 2 atom stereocenters. The van der Waals surface area contributed by atoms with Crippen molar-refractivity contribution in [3.05, 3.63) is 53.3 Å². The summed E-state index contributed by atoms with van der Waals surface area (Å²) in [5.74, 6) is 0. The second kappa shape index (κ2) is 5.83. The van der Waals surface area contributed by atoms with E-state index < -0.39 is 0 Å². The standard InChI is InChI=1S/C15H21N3/c1-4-13-5-7-14(8-6-13)11(2)18-12(3)15-9-16-17-10-15/h5-12,18H,4H2,1-3H3,(H,16,17). The Kier molecular flexibility index (Phi) is 4.15. The molecule has 0 aliphatic carbocycles. The molecule has 0 radical (unpaired) electrons. The van der Waals surface area contributed by atoms with Crippen molar-refractivity contribution in [1.29, 1.82) is 0 Å². The van der Waals surface area contributed by atoms with Gasteiger partial charge in [-0.05, 0) is 31.4 Å². The third-order valence-corrected chi connectivity index (χ3v) is 3.41. The molecule has 2 N–H and O–H groups in total. The maximum Gasteiger partial charge on any atom is 0.0534 e. The van der Waals surface area contributed by atoms with Gasteiger partial charge >= 0.3 is 0 Å². The van der Waals surface area contributed by atoms with E-state index in [1.54, 1.807) is 0 Å². The van der Waals surface area contributed by atoms with Crippen molar-refractivity contribution < 1.29 is 0 Å². The number of hydrogen-bond donors (Lipinski definition) is 2. The van der Waals surface area contributed by atoms with Crippen LogP contribution in [0.15, 0.2) is 36.7 Å². The van der Waals surface area contributed by atoms with Crippen LogP contribution in [0.4, 0.5) is 0 Å². The van der Waals surface area contributed by atoms with E-state index in [0.29, 0.717) is 12.1 Å². The van der Waals surface area contributed by atoms with Crippen LogP contribution in [-0.2, 0) is 6.42 Å². The van der Waals surface area contributed by atoms with Crippen LogP contribution in [0.25, 0.3) is 0 Å². The Hall–Kier alpha value is -1.61. The third kappa shape index (κ3) is 2.99. The number of aryl methyl sites for hydroxylation is 1. The van der Waals surface area contributed by atoms with E-state index in [4.69, 9.17) is 0 Å². The van der Waals surface area contributed by atoms with E-state index in [1.165, 1.54) is 16.7 Å². The molecular weight excluding hydrogens is 222 g/mol. The summed E-state index contributed by atoms with van der Waals surface area (Å²) in [6.07, 6.45) is 4.89. The molecule has 1 heterocycles. The smallest absolute Gasteiger partial charge is 0.0534 e. The predicted molar refractivity (Wildman–Crippen MR) is 74.4 cm³/mol. The Balaban J connectivity index is 2.00. The lowest BCUT2D eigenvalue weighted by molar-refractivity contribution is 0.495. The monoisotopic (exact) mass is 243 g/mol. The summed E-state index contributed by atoms with van der Waals surface area (Å²) in [5, 5.41) is 10.4. The predicted octanol–water partition coefficient (Wildman–Crippen LogP) is 3.38. The molecule has 18 heavy (non-hydrogen) atoms. The maximum atomic E-state index is 3.98. The lowest BCUT2D eigenvalue weighted by atomic mass is 10.0. The van der Waals surface area contributed by atoms with Gasteiger partial charge in [-0.2, -0.15) is 5.10 Å². The van der Waals surface area contributed by atoms with Crippen LogP contribution in [0, 0.1) is 0 Å². The second-order valence-electron chi connectivity index (χ2n) is 4.74. The zero-order valence-electron chi connectivity index (χ0n) is 11.3. The van der Waals surface area contributed by atoms with Crippen LogP contribution in [0.1, 0.15) is 49.5 Å². The van der Waals surface area contributed by atoms with Crippen LogP contribution >= 0.6 is 0 Å². The molecule has 0 spiro atoms. The first-order valence-corrected chi connectivity index (χ1v) is 6.54. The highest BCUT2D eigenvalue weighted by Gasteiger charge is 2.11. The van der Waals surface area contributed by atoms with Gasteiger partial charge in [0.05, 0.1) is 6.20 Å². The van der Waals surface area contributed by atoms with Gasteiger partial charge < -0.3 is 5.32 Å². The molecule has 0 saturated carbocycles. The Labute approximate surface area is 109 Å². The van der Waals surface area contributed by atoms with Crippen molar-refractivity contribution in [2.75, 3.05) is 0 Å². The molecule has 0 amide bonds. The molecule has 0 fully saturated rings. The van der Waals surface area contributed by atoms with Gasteiger partial charge in [0, 0.05) is 23.8 Å². The average molecular weight is 243 g/mol. The zero-order chi connectivity index (χ0) is 13.0. The molecule has 2 rings (SSSR count). The van der Waals surface area contributed by atoms with E-state index in [9.17, 15) is 0 Å². The summed E-state index contributed by atoms with van der Waals surface area (Å²) in [7, 11) is 0. The Morgan fingerprint density at radius 2 is 1.78 bits per heavy atom. The second-order valence-corrected chi connectivity index (χ2v) is 4.74. The van der Waals surface area contributed by atoms with Gasteiger partial charge in [0.25, 0.3) is 0 Å². The normalized spacial score (nSPS) is 14.4. The summed E-state index contributed by atoms with van der Waals surface area (Å²) in [6, 6.07) is 9.45. The third-order valence-electron chi connectivity index (χ3n) is 3.41. The molecule has 0 bridgehead atoms. The van der Waals surface area contributed by atoms with Gasteiger partial charge in [0.2, 0.25) is 0 Å². The number of hydrogen-bond acceptors (Lipinski definition) is 2. The number of H-pyrrole nitrogens is 1. The van der Waals surface area contributed by atoms with Crippen molar-refractivity contribution in [1.82, 2.24) is 15.5 Å². The minimum absolute atomic E-state index is 0.296. The fourth-order valence-electron chi connectivity index (χ4n) is 2.11. The number of nitrogens with zero attached hydrogens (tertiary/aromatic N) is 1. The van der Waals surface area contributed by atoms with Gasteiger partial charge in [-0.15, -0.1) is 0 Å². The molecule has 3 heteroatoms. The van der Waals surface area contributed by atoms with Crippen LogP contribution in [0.3, 0.4) is 0 Å².